The van der Waals surface area contributed by atoms with Crippen LogP contribution in [0.1, 0.15) is 5.56 Å². The first-order valence-corrected chi connectivity index (χ1v) is 9.65. The average molecular weight is 340 g/mol. The Labute approximate surface area is 148 Å². The van der Waals surface area contributed by atoms with Gasteiger partial charge in [-0.05, 0) is 41.7 Å². The van der Waals surface area contributed by atoms with Crippen LogP contribution in [0, 0.1) is 11.8 Å². The molecule has 2 heterocycles. The Morgan fingerprint density at radius 1 is 0.833 bits per heavy atom. The van der Waals surface area contributed by atoms with E-state index in [0.29, 0.717) is 5.75 Å². The maximum absolute atomic E-state index is 9.35. The summed E-state index contributed by atoms with van der Waals surface area (Å²) in [6, 6.07) is 18.3. The van der Waals surface area contributed by atoms with Crippen LogP contribution in [0.15, 0.2) is 59.5 Å². The monoisotopic (exact) mass is 340 g/mol. The topological polar surface area (TPSA) is 26.7 Å². The largest absolute Gasteiger partial charge is 0.508 e. The molecule has 3 nitrogen and oxygen atoms in total. The van der Waals surface area contributed by atoms with Crippen LogP contribution >= 0.6 is 11.8 Å². The Morgan fingerprint density at radius 2 is 1.46 bits per heavy atom. The van der Waals surface area contributed by atoms with E-state index in [-0.39, 0.29) is 0 Å². The number of benzene rings is 2. The van der Waals surface area contributed by atoms with Crippen LogP contribution in [0.5, 0.6) is 5.75 Å². The lowest BCUT2D eigenvalue weighted by atomic mass is 10.0. The van der Waals surface area contributed by atoms with Gasteiger partial charge < -0.3 is 5.11 Å². The molecule has 0 unspecified atom stereocenters. The van der Waals surface area contributed by atoms with Crippen molar-refractivity contribution in [2.45, 2.75) is 11.4 Å². The number of rotatable bonds is 5. The molecule has 24 heavy (non-hydrogen) atoms. The molecule has 0 aliphatic carbocycles. The number of thioether (sulfide) groups is 1. The molecule has 0 bridgehead atoms. The van der Waals surface area contributed by atoms with Gasteiger partial charge in [0, 0.05) is 43.5 Å². The summed E-state index contributed by atoms with van der Waals surface area (Å²) < 4.78 is 0. The number of fused-ring (bicyclic) bond motifs is 1. The van der Waals surface area contributed by atoms with Gasteiger partial charge in [0.2, 0.25) is 0 Å². The van der Waals surface area contributed by atoms with Crippen molar-refractivity contribution in [2.75, 3.05) is 32.1 Å². The van der Waals surface area contributed by atoms with Crippen LogP contribution in [0.25, 0.3) is 0 Å². The summed E-state index contributed by atoms with van der Waals surface area (Å²) in [7, 11) is 0. The zero-order valence-electron chi connectivity index (χ0n) is 13.8. The number of aromatic hydroxyl groups is 1. The zero-order valence-corrected chi connectivity index (χ0v) is 14.7. The fourth-order valence-corrected chi connectivity index (χ4v) is 4.84. The number of hydrogen-bond acceptors (Lipinski definition) is 4. The van der Waals surface area contributed by atoms with Crippen molar-refractivity contribution in [1.82, 2.24) is 9.80 Å². The van der Waals surface area contributed by atoms with Crippen molar-refractivity contribution in [2.24, 2.45) is 11.8 Å². The fraction of sp³-hybridized carbons (Fsp3) is 0.400. The molecule has 1 N–H and O–H groups in total. The minimum atomic E-state index is 0.341. The van der Waals surface area contributed by atoms with Gasteiger partial charge in [-0.15, -0.1) is 11.8 Å². The van der Waals surface area contributed by atoms with E-state index in [0.717, 1.165) is 24.3 Å². The number of hydrogen-bond donors (Lipinski definition) is 1. The zero-order chi connectivity index (χ0) is 16.4. The van der Waals surface area contributed by atoms with Crippen molar-refractivity contribution >= 4 is 11.8 Å². The summed E-state index contributed by atoms with van der Waals surface area (Å²) in [5.41, 5.74) is 1.43. The number of phenolic OH excluding ortho intramolecular Hbond substituents is 1. The van der Waals surface area contributed by atoms with Crippen LogP contribution in [0.2, 0.25) is 0 Å². The van der Waals surface area contributed by atoms with Gasteiger partial charge in [-0.25, -0.2) is 0 Å². The van der Waals surface area contributed by atoms with Gasteiger partial charge in [-0.3, -0.25) is 9.80 Å². The molecule has 0 amide bonds. The van der Waals surface area contributed by atoms with E-state index in [1.165, 1.54) is 36.6 Å². The number of likely N-dealkylation sites (tertiary alicyclic amines) is 2. The van der Waals surface area contributed by atoms with E-state index in [1.807, 2.05) is 23.9 Å². The van der Waals surface area contributed by atoms with Crippen molar-refractivity contribution in [3.8, 4) is 5.75 Å². The maximum Gasteiger partial charge on any atom is 0.115 e. The smallest absolute Gasteiger partial charge is 0.115 e. The summed E-state index contributed by atoms with van der Waals surface area (Å²) in [4.78, 5) is 6.44. The third kappa shape index (κ3) is 3.77. The molecule has 0 saturated carbocycles. The number of nitrogens with zero attached hydrogens (tertiary/aromatic N) is 2. The van der Waals surface area contributed by atoms with Gasteiger partial charge in [-0.1, -0.05) is 30.3 Å². The average Bonchev–Trinajstić information content (AvgIpc) is 3.13. The van der Waals surface area contributed by atoms with Crippen LogP contribution in [0.3, 0.4) is 0 Å². The van der Waals surface area contributed by atoms with Crippen LogP contribution in [-0.2, 0) is 6.54 Å². The lowest BCUT2D eigenvalue weighted by Crippen LogP contribution is -2.28. The normalized spacial score (nSPS) is 24.3. The molecule has 4 rings (SSSR count). The summed E-state index contributed by atoms with van der Waals surface area (Å²) in [5.74, 6) is 3.05. The van der Waals surface area contributed by atoms with E-state index in [1.54, 1.807) is 12.1 Å². The van der Waals surface area contributed by atoms with Gasteiger partial charge in [0.25, 0.3) is 0 Å². The van der Waals surface area contributed by atoms with Crippen molar-refractivity contribution in [1.29, 1.82) is 0 Å². The second-order valence-electron chi connectivity index (χ2n) is 7.00. The summed E-state index contributed by atoms with van der Waals surface area (Å²) >= 11 is 1.87. The molecule has 2 saturated heterocycles. The highest BCUT2D eigenvalue weighted by atomic mass is 32.2. The molecule has 2 aliphatic rings. The molecule has 2 atom stereocenters. The van der Waals surface area contributed by atoms with Gasteiger partial charge in [0.15, 0.2) is 0 Å². The highest BCUT2D eigenvalue weighted by Crippen LogP contribution is 2.33. The SMILES string of the molecule is Oc1ccc(SCN2C[C@@H]3CN(Cc4ccccc4)C[C@@H]3C2)cc1. The molecule has 4 heteroatoms. The predicted molar refractivity (Wildman–Crippen MR) is 99.1 cm³/mol. The van der Waals surface area contributed by atoms with E-state index in [2.05, 4.69) is 40.1 Å². The second kappa shape index (κ2) is 7.18. The van der Waals surface area contributed by atoms with Crippen LogP contribution < -0.4 is 0 Å². The van der Waals surface area contributed by atoms with Crippen molar-refractivity contribution in [3.63, 3.8) is 0 Å². The summed E-state index contributed by atoms with van der Waals surface area (Å²) in [6.45, 7) is 6.01. The molecule has 2 fully saturated rings. The lowest BCUT2D eigenvalue weighted by Gasteiger charge is -2.21. The molecule has 0 radical (unpaired) electrons. The van der Waals surface area contributed by atoms with Crippen LogP contribution in [-0.4, -0.2) is 47.0 Å². The Bertz CT molecular complexity index is 647. The van der Waals surface area contributed by atoms with Crippen LogP contribution in [0.4, 0.5) is 0 Å². The molecule has 2 aromatic carbocycles. The Balaban J connectivity index is 1.25. The Kier molecular flexibility index (Phi) is 4.79. The minimum absolute atomic E-state index is 0.341. The Morgan fingerprint density at radius 3 is 2.12 bits per heavy atom. The third-order valence-corrected chi connectivity index (χ3v) is 6.24. The van der Waals surface area contributed by atoms with Gasteiger partial charge in [0.05, 0.1) is 0 Å². The van der Waals surface area contributed by atoms with E-state index in [4.69, 9.17) is 0 Å². The first-order chi connectivity index (χ1) is 11.8. The maximum atomic E-state index is 9.35. The summed E-state index contributed by atoms with van der Waals surface area (Å²) in [5, 5.41) is 9.35. The second-order valence-corrected chi connectivity index (χ2v) is 8.02. The molecular formula is C20H24N2OS. The van der Waals surface area contributed by atoms with Crippen molar-refractivity contribution < 1.29 is 5.11 Å². The van der Waals surface area contributed by atoms with E-state index < -0.39 is 0 Å². The molecule has 126 valence electrons. The third-order valence-electron chi connectivity index (χ3n) is 5.14. The molecular weight excluding hydrogens is 316 g/mol. The highest BCUT2D eigenvalue weighted by Gasteiger charge is 2.39. The molecule has 0 aromatic heterocycles. The first-order valence-electron chi connectivity index (χ1n) is 8.67. The minimum Gasteiger partial charge on any atom is -0.508 e. The van der Waals surface area contributed by atoms with Gasteiger partial charge in [0.1, 0.15) is 5.75 Å². The highest BCUT2D eigenvalue weighted by molar-refractivity contribution is 7.99. The molecule has 0 spiro atoms. The van der Waals surface area contributed by atoms with E-state index >= 15 is 0 Å². The summed E-state index contributed by atoms with van der Waals surface area (Å²) in [6.07, 6.45) is 0. The quantitative estimate of drug-likeness (QED) is 0.843. The predicted octanol–water partition coefficient (Wildman–Crippen LogP) is 3.51. The van der Waals surface area contributed by atoms with E-state index in [9.17, 15) is 5.11 Å². The van der Waals surface area contributed by atoms with Gasteiger partial charge in [-0.2, -0.15) is 0 Å². The standard InChI is InChI=1S/C20H24N2OS/c23-19-6-8-20(9-7-19)24-15-22-13-17-11-21(12-18(17)14-22)10-16-4-2-1-3-5-16/h1-9,17-18,23H,10-15H2/t17-,18+. The lowest BCUT2D eigenvalue weighted by molar-refractivity contribution is 0.268. The van der Waals surface area contributed by atoms with Gasteiger partial charge >= 0.3 is 0 Å². The Hall–Kier alpha value is -1.49. The molecule has 2 aliphatic heterocycles. The van der Waals surface area contributed by atoms with Crippen molar-refractivity contribution in [3.05, 3.63) is 60.2 Å². The fourth-order valence-electron chi connectivity index (χ4n) is 3.97. The first kappa shape index (κ1) is 16.0. The molecule has 2 aromatic rings. The number of phenols is 1.